The van der Waals surface area contributed by atoms with E-state index in [1.54, 1.807) is 23.9 Å². The highest BCUT2D eigenvalue weighted by atomic mass is 16.6. The first kappa shape index (κ1) is 44.7. The number of nitrogens with zero attached hydrogens (tertiary/aromatic N) is 2. The van der Waals surface area contributed by atoms with Crippen LogP contribution in [0.3, 0.4) is 0 Å². The minimum Gasteiger partial charge on any atom is -0.481 e. The second-order valence-corrected chi connectivity index (χ2v) is 8.62. The molecule has 0 heterocycles. The van der Waals surface area contributed by atoms with Gasteiger partial charge in [0.05, 0.1) is 32.4 Å². The largest absolute Gasteiger partial charge is 0.481 e. The molecule has 14 nitrogen and oxygen atoms in total. The zero-order chi connectivity index (χ0) is 30.5. The summed E-state index contributed by atoms with van der Waals surface area (Å²) in [6, 6.07) is 0. The minimum absolute atomic E-state index is 0. The zero-order valence-electron chi connectivity index (χ0n) is 23.6. The van der Waals surface area contributed by atoms with Gasteiger partial charge in [-0.2, -0.15) is 0 Å². The summed E-state index contributed by atoms with van der Waals surface area (Å²) in [7, 11) is 3.40. The summed E-state index contributed by atoms with van der Waals surface area (Å²) in [5, 5.41) is 50.7. The molecule has 0 aromatic carbocycles. The standard InChI is InChI=1S/C14H27NO6.C7H13NO4.C4H10O2.CH4/c1-3-6-12(17)21-13(18)7-8-15(2)11-14(19)20-10-5-4-9-16;1-8(4-2-6(9)10)5-3-7(11)12;5-3-1-2-4-6;/h12,16-17H,3-11H2,1-2H3;2-5H2,1H3,(H,9,10)(H,11,12);5-6H,1-4H2;1H4. The van der Waals surface area contributed by atoms with E-state index < -0.39 is 24.2 Å². The second-order valence-electron chi connectivity index (χ2n) is 8.62. The lowest BCUT2D eigenvalue weighted by Gasteiger charge is -2.16. The second kappa shape index (κ2) is 32.8. The number of hydrogen-bond acceptors (Lipinski definition) is 12. The van der Waals surface area contributed by atoms with Gasteiger partial charge in [-0.1, -0.05) is 20.8 Å². The van der Waals surface area contributed by atoms with Gasteiger partial charge in [0.25, 0.3) is 0 Å². The molecule has 0 aliphatic heterocycles. The van der Waals surface area contributed by atoms with E-state index in [1.807, 2.05) is 6.92 Å². The van der Waals surface area contributed by atoms with Gasteiger partial charge in [-0.05, 0) is 39.8 Å². The van der Waals surface area contributed by atoms with Crippen LogP contribution in [0.5, 0.6) is 0 Å². The lowest BCUT2D eigenvalue weighted by Crippen LogP contribution is -2.30. The molecule has 240 valence electrons. The van der Waals surface area contributed by atoms with Gasteiger partial charge >= 0.3 is 23.9 Å². The number of aliphatic hydroxyl groups excluding tert-OH is 4. The maximum Gasteiger partial charge on any atom is 0.320 e. The number of carboxylic acids is 2. The summed E-state index contributed by atoms with van der Waals surface area (Å²) >= 11 is 0. The van der Waals surface area contributed by atoms with Crippen molar-refractivity contribution in [2.45, 2.75) is 78.4 Å². The summed E-state index contributed by atoms with van der Waals surface area (Å²) in [6.45, 7) is 3.87. The maximum absolute atomic E-state index is 11.4. The molecular weight excluding hydrogens is 532 g/mol. The molecule has 0 saturated carbocycles. The fourth-order valence-electron chi connectivity index (χ4n) is 2.45. The Labute approximate surface area is 238 Å². The predicted molar refractivity (Wildman–Crippen MR) is 149 cm³/mol. The number of likely N-dealkylation sites (N-methyl/N-ethyl adjacent to an activating group) is 1. The van der Waals surface area contributed by atoms with Crippen molar-refractivity contribution in [3.05, 3.63) is 0 Å². The molecule has 0 bridgehead atoms. The first-order valence-electron chi connectivity index (χ1n) is 13.1. The Morgan fingerprint density at radius 3 is 1.60 bits per heavy atom. The number of carbonyl (C=O) groups is 4. The highest BCUT2D eigenvalue weighted by Crippen LogP contribution is 2.01. The molecule has 0 amide bonds. The van der Waals surface area contributed by atoms with Crippen LogP contribution in [-0.2, 0) is 28.7 Å². The molecular formula is C26H54N2O12. The molecule has 0 radical (unpaired) electrons. The van der Waals surface area contributed by atoms with Crippen LogP contribution in [0.1, 0.15) is 72.1 Å². The minimum atomic E-state index is -1.05. The molecule has 0 saturated heterocycles. The van der Waals surface area contributed by atoms with E-state index in [0.29, 0.717) is 45.5 Å². The quantitative estimate of drug-likeness (QED) is 0.0615. The van der Waals surface area contributed by atoms with Gasteiger partial charge in [0, 0.05) is 45.9 Å². The normalized spacial score (nSPS) is 10.8. The average molecular weight is 587 g/mol. The summed E-state index contributed by atoms with van der Waals surface area (Å²) in [5.41, 5.74) is 0. The SMILES string of the molecule is C.CCCC(O)OC(=O)CCN(C)CC(=O)OCCCCO.CN(CCC(=O)O)CCC(=O)O.OCCCCO. The van der Waals surface area contributed by atoms with Crippen molar-refractivity contribution in [3.8, 4) is 0 Å². The molecule has 0 rings (SSSR count). The molecule has 0 aromatic heterocycles. The highest BCUT2D eigenvalue weighted by Gasteiger charge is 2.13. The van der Waals surface area contributed by atoms with Gasteiger partial charge in [-0.3, -0.25) is 24.1 Å². The van der Waals surface area contributed by atoms with E-state index >= 15 is 0 Å². The van der Waals surface area contributed by atoms with Gasteiger partial charge in [0.15, 0.2) is 0 Å². The predicted octanol–water partition coefficient (Wildman–Crippen LogP) is 0.541. The van der Waals surface area contributed by atoms with Crippen LogP contribution in [-0.4, -0.2) is 137 Å². The van der Waals surface area contributed by atoms with Crippen molar-refractivity contribution in [2.24, 2.45) is 0 Å². The molecule has 6 N–H and O–H groups in total. The molecule has 0 aliphatic carbocycles. The summed E-state index contributed by atoms with van der Waals surface area (Å²) in [4.78, 5) is 46.4. The van der Waals surface area contributed by atoms with Gasteiger partial charge in [0.1, 0.15) is 0 Å². The molecule has 0 aliphatic rings. The van der Waals surface area contributed by atoms with Crippen LogP contribution >= 0.6 is 0 Å². The van der Waals surface area contributed by atoms with Crippen molar-refractivity contribution in [1.29, 1.82) is 0 Å². The molecule has 14 heteroatoms. The number of ether oxygens (including phenoxy) is 2. The molecule has 1 atom stereocenters. The Morgan fingerprint density at radius 1 is 0.725 bits per heavy atom. The fourth-order valence-corrected chi connectivity index (χ4v) is 2.45. The number of aliphatic hydroxyl groups is 4. The molecule has 0 fully saturated rings. The van der Waals surface area contributed by atoms with Gasteiger partial charge in [0.2, 0.25) is 6.29 Å². The van der Waals surface area contributed by atoms with Gasteiger partial charge in [-0.25, -0.2) is 0 Å². The Kier molecular flexibility index (Phi) is 36.7. The van der Waals surface area contributed by atoms with Gasteiger partial charge < -0.3 is 45.0 Å². The van der Waals surface area contributed by atoms with Crippen LogP contribution in [0.2, 0.25) is 0 Å². The molecule has 40 heavy (non-hydrogen) atoms. The van der Waals surface area contributed by atoms with Crippen LogP contribution in [0, 0.1) is 0 Å². The van der Waals surface area contributed by atoms with E-state index in [4.69, 9.17) is 35.0 Å². The Bertz CT molecular complexity index is 600. The highest BCUT2D eigenvalue weighted by molar-refractivity contribution is 5.72. The molecule has 0 aromatic rings. The van der Waals surface area contributed by atoms with Crippen LogP contribution in [0.15, 0.2) is 0 Å². The summed E-state index contributed by atoms with van der Waals surface area (Å²) in [6.07, 6.45) is 2.99. The third-order valence-electron chi connectivity index (χ3n) is 4.70. The Morgan fingerprint density at radius 2 is 1.18 bits per heavy atom. The zero-order valence-corrected chi connectivity index (χ0v) is 23.6. The number of rotatable bonds is 21. The number of carbonyl (C=O) groups excluding carboxylic acids is 2. The van der Waals surface area contributed by atoms with Crippen molar-refractivity contribution in [1.82, 2.24) is 9.80 Å². The molecule has 0 spiro atoms. The van der Waals surface area contributed by atoms with E-state index in [1.165, 1.54) is 0 Å². The summed E-state index contributed by atoms with van der Waals surface area (Å²) in [5.74, 6) is -2.58. The average Bonchev–Trinajstić information content (AvgIpc) is 2.87. The summed E-state index contributed by atoms with van der Waals surface area (Å²) < 4.78 is 9.76. The Balaban J connectivity index is -0.000000287. The van der Waals surface area contributed by atoms with Crippen LogP contribution in [0.4, 0.5) is 0 Å². The van der Waals surface area contributed by atoms with E-state index in [0.717, 1.165) is 19.3 Å². The first-order valence-corrected chi connectivity index (χ1v) is 13.1. The van der Waals surface area contributed by atoms with Crippen molar-refractivity contribution in [2.75, 3.05) is 66.7 Å². The number of hydrogen-bond donors (Lipinski definition) is 6. The lowest BCUT2D eigenvalue weighted by atomic mass is 10.3. The molecule has 1 unspecified atom stereocenters. The van der Waals surface area contributed by atoms with E-state index in [9.17, 15) is 24.3 Å². The van der Waals surface area contributed by atoms with Crippen molar-refractivity contribution < 1.29 is 59.3 Å². The number of esters is 2. The number of aliphatic carboxylic acids is 2. The van der Waals surface area contributed by atoms with E-state index in [2.05, 4.69) is 0 Å². The number of unbranched alkanes of at least 4 members (excludes halogenated alkanes) is 2. The van der Waals surface area contributed by atoms with Crippen LogP contribution < -0.4 is 0 Å². The third kappa shape index (κ3) is 40.1. The number of carboxylic acid groups (broad SMARTS) is 2. The fraction of sp³-hybridized carbons (Fsp3) is 0.846. The third-order valence-corrected chi connectivity index (χ3v) is 4.70. The first-order chi connectivity index (χ1) is 18.4. The van der Waals surface area contributed by atoms with E-state index in [-0.39, 0.29) is 59.0 Å². The van der Waals surface area contributed by atoms with Gasteiger partial charge in [-0.15, -0.1) is 0 Å². The smallest absolute Gasteiger partial charge is 0.320 e. The van der Waals surface area contributed by atoms with Crippen molar-refractivity contribution >= 4 is 23.9 Å². The topological polar surface area (TPSA) is 215 Å². The lowest BCUT2D eigenvalue weighted by molar-refractivity contribution is -0.169. The monoisotopic (exact) mass is 586 g/mol. The van der Waals surface area contributed by atoms with Crippen molar-refractivity contribution in [3.63, 3.8) is 0 Å². The van der Waals surface area contributed by atoms with Crippen LogP contribution in [0.25, 0.3) is 0 Å². The Hall–Kier alpha value is -2.36. The maximum atomic E-state index is 11.4.